The molecule has 0 aromatic carbocycles. The molecular weight excluding hydrogens is 488 g/mol. The number of carbonyl (C=O) groups excluding carboxylic acids is 1. The van der Waals surface area contributed by atoms with Gasteiger partial charge in [-0.3, -0.25) is 4.79 Å². The Hall–Kier alpha value is -0.790. The lowest BCUT2D eigenvalue weighted by Gasteiger charge is -2.06. The van der Waals surface area contributed by atoms with Crippen LogP contribution in [0.3, 0.4) is 0 Å². The van der Waals surface area contributed by atoms with E-state index in [-0.39, 0.29) is 5.97 Å². The molecule has 0 aliphatic carbocycles. The predicted octanol–water partition coefficient (Wildman–Crippen LogP) is 13.5. The molecule has 0 amide bonds. The molecule has 2 nitrogen and oxygen atoms in total. The van der Waals surface area contributed by atoms with Crippen molar-refractivity contribution in [3.8, 4) is 0 Å². The zero-order chi connectivity index (χ0) is 29.2. The Morgan fingerprint density at radius 2 is 0.875 bits per heavy atom. The maximum absolute atomic E-state index is 11.9. The Morgan fingerprint density at radius 1 is 0.500 bits per heavy atom. The van der Waals surface area contributed by atoms with Gasteiger partial charge < -0.3 is 4.74 Å². The van der Waals surface area contributed by atoms with Gasteiger partial charge in [0.25, 0.3) is 0 Å². The van der Waals surface area contributed by atoms with Gasteiger partial charge in [-0.25, -0.2) is 0 Å². The second-order valence-electron chi connectivity index (χ2n) is 13.0. The first-order chi connectivity index (χ1) is 19.7. The molecular formula is C38H74O2. The molecule has 40 heavy (non-hydrogen) atoms. The monoisotopic (exact) mass is 563 g/mol. The number of carbonyl (C=O) groups is 1. The van der Waals surface area contributed by atoms with E-state index in [4.69, 9.17) is 4.74 Å². The molecule has 0 radical (unpaired) electrons. The second kappa shape index (κ2) is 34.4. The quantitative estimate of drug-likeness (QED) is 0.0451. The zero-order valence-corrected chi connectivity index (χ0v) is 28.0. The van der Waals surface area contributed by atoms with E-state index in [1.165, 1.54) is 167 Å². The van der Waals surface area contributed by atoms with Gasteiger partial charge in [-0.15, -0.1) is 0 Å². The number of esters is 1. The Morgan fingerprint density at radius 3 is 1.32 bits per heavy atom. The van der Waals surface area contributed by atoms with Crippen LogP contribution >= 0.6 is 0 Å². The molecule has 0 spiro atoms. The van der Waals surface area contributed by atoms with E-state index < -0.39 is 0 Å². The molecule has 2 heteroatoms. The predicted molar refractivity (Wildman–Crippen MR) is 179 cm³/mol. The van der Waals surface area contributed by atoms with Crippen LogP contribution in [0.5, 0.6) is 0 Å². The van der Waals surface area contributed by atoms with Crippen molar-refractivity contribution in [1.82, 2.24) is 0 Å². The maximum atomic E-state index is 11.9. The van der Waals surface area contributed by atoms with Gasteiger partial charge in [0.05, 0.1) is 6.61 Å². The smallest absolute Gasteiger partial charge is 0.305 e. The normalized spacial score (nSPS) is 11.7. The lowest BCUT2D eigenvalue weighted by atomic mass is 10.0. The first-order valence-electron chi connectivity index (χ1n) is 18.5. The van der Waals surface area contributed by atoms with Crippen molar-refractivity contribution in [1.29, 1.82) is 0 Å². The summed E-state index contributed by atoms with van der Waals surface area (Å²) in [5.41, 5.74) is 0. The van der Waals surface area contributed by atoms with Crippen LogP contribution in [0.1, 0.15) is 213 Å². The maximum Gasteiger partial charge on any atom is 0.305 e. The van der Waals surface area contributed by atoms with Crippen LogP contribution in [0.2, 0.25) is 0 Å². The Kier molecular flexibility index (Phi) is 33.7. The van der Waals surface area contributed by atoms with E-state index in [1.54, 1.807) is 0 Å². The molecule has 0 aromatic rings. The number of hydrogen-bond donors (Lipinski definition) is 0. The summed E-state index contributed by atoms with van der Waals surface area (Å²) in [6.07, 6.45) is 44.2. The summed E-state index contributed by atoms with van der Waals surface area (Å²) in [6.45, 7) is 7.57. The van der Waals surface area contributed by atoms with Crippen molar-refractivity contribution in [3.05, 3.63) is 12.2 Å². The van der Waals surface area contributed by atoms with E-state index in [2.05, 4.69) is 32.9 Å². The minimum Gasteiger partial charge on any atom is -0.466 e. The summed E-state index contributed by atoms with van der Waals surface area (Å²) in [4.78, 5) is 11.9. The van der Waals surface area contributed by atoms with Crippen LogP contribution in [0.25, 0.3) is 0 Å². The third kappa shape index (κ3) is 35.2. The van der Waals surface area contributed by atoms with Crippen molar-refractivity contribution < 1.29 is 9.53 Å². The van der Waals surface area contributed by atoms with E-state index >= 15 is 0 Å². The molecule has 0 fully saturated rings. The summed E-state index contributed by atoms with van der Waals surface area (Å²) in [7, 11) is 0. The van der Waals surface area contributed by atoms with Crippen LogP contribution in [0.15, 0.2) is 12.2 Å². The standard InChI is InChI=1S/C38H74O2/c1-4-5-6-7-8-9-10-11-13-17-20-23-26-29-32-35-38(39)40-36-33-30-27-24-21-18-15-12-14-16-19-22-25-28-31-34-37(2)3/h11,13,37H,4-10,12,14-36H2,1-3H3/b13-11-. The number of hydrogen-bond acceptors (Lipinski definition) is 2. The van der Waals surface area contributed by atoms with Gasteiger partial charge in [-0.05, 0) is 44.4 Å². The van der Waals surface area contributed by atoms with Crippen LogP contribution in [0, 0.1) is 5.92 Å². The highest BCUT2D eigenvalue weighted by Crippen LogP contribution is 2.15. The molecule has 0 rings (SSSR count). The summed E-state index contributed by atoms with van der Waals surface area (Å²) >= 11 is 0. The van der Waals surface area contributed by atoms with Crippen molar-refractivity contribution >= 4 is 5.97 Å². The summed E-state index contributed by atoms with van der Waals surface area (Å²) in [6, 6.07) is 0. The second-order valence-corrected chi connectivity index (χ2v) is 13.0. The molecule has 0 unspecified atom stereocenters. The molecule has 0 saturated heterocycles. The van der Waals surface area contributed by atoms with Crippen LogP contribution in [0.4, 0.5) is 0 Å². The van der Waals surface area contributed by atoms with Gasteiger partial charge in [-0.2, -0.15) is 0 Å². The number of rotatable bonds is 33. The minimum absolute atomic E-state index is 0.0174. The first-order valence-corrected chi connectivity index (χ1v) is 18.5. The molecule has 0 heterocycles. The van der Waals surface area contributed by atoms with Gasteiger partial charge >= 0.3 is 5.97 Å². The number of unbranched alkanes of at least 4 members (excludes halogenated alkanes) is 25. The molecule has 0 aliphatic rings. The highest BCUT2D eigenvalue weighted by atomic mass is 16.5. The zero-order valence-electron chi connectivity index (χ0n) is 28.0. The molecule has 0 saturated carbocycles. The highest BCUT2D eigenvalue weighted by molar-refractivity contribution is 5.69. The van der Waals surface area contributed by atoms with Crippen molar-refractivity contribution in [3.63, 3.8) is 0 Å². The summed E-state index contributed by atoms with van der Waals surface area (Å²) in [5, 5.41) is 0. The fourth-order valence-corrected chi connectivity index (χ4v) is 5.55. The van der Waals surface area contributed by atoms with Gasteiger partial charge in [-0.1, -0.05) is 181 Å². The Labute approximate surface area is 253 Å². The third-order valence-electron chi connectivity index (χ3n) is 8.33. The minimum atomic E-state index is 0.0174. The van der Waals surface area contributed by atoms with E-state index in [9.17, 15) is 4.79 Å². The third-order valence-corrected chi connectivity index (χ3v) is 8.33. The van der Waals surface area contributed by atoms with Crippen molar-refractivity contribution in [2.75, 3.05) is 6.61 Å². The number of ether oxygens (including phenoxy) is 1. The van der Waals surface area contributed by atoms with Gasteiger partial charge in [0, 0.05) is 6.42 Å². The Balaban J connectivity index is 3.19. The van der Waals surface area contributed by atoms with Crippen molar-refractivity contribution in [2.45, 2.75) is 213 Å². The molecule has 0 aromatic heterocycles. The highest BCUT2D eigenvalue weighted by Gasteiger charge is 2.02. The molecule has 238 valence electrons. The molecule has 0 atom stereocenters. The topological polar surface area (TPSA) is 26.3 Å². The molecule has 0 N–H and O–H groups in total. The lowest BCUT2D eigenvalue weighted by molar-refractivity contribution is -0.143. The summed E-state index contributed by atoms with van der Waals surface area (Å²) < 4.78 is 5.44. The van der Waals surface area contributed by atoms with Gasteiger partial charge in [0.15, 0.2) is 0 Å². The molecule has 0 aliphatic heterocycles. The van der Waals surface area contributed by atoms with Gasteiger partial charge in [0.2, 0.25) is 0 Å². The van der Waals surface area contributed by atoms with Crippen LogP contribution in [-0.4, -0.2) is 12.6 Å². The summed E-state index contributed by atoms with van der Waals surface area (Å²) in [5.74, 6) is 0.894. The fourth-order valence-electron chi connectivity index (χ4n) is 5.55. The van der Waals surface area contributed by atoms with Gasteiger partial charge in [0.1, 0.15) is 0 Å². The van der Waals surface area contributed by atoms with Crippen LogP contribution < -0.4 is 0 Å². The van der Waals surface area contributed by atoms with E-state index in [0.717, 1.165) is 25.2 Å². The SMILES string of the molecule is CCCCCCCC/C=C\CCCCCCCC(=O)OCCCCCCCCCCCCCCCCCC(C)C. The largest absolute Gasteiger partial charge is 0.466 e. The first kappa shape index (κ1) is 39.2. The average Bonchev–Trinajstić information content (AvgIpc) is 2.94. The average molecular weight is 563 g/mol. The van der Waals surface area contributed by atoms with E-state index in [1.807, 2.05) is 0 Å². The fraction of sp³-hybridized carbons (Fsp3) is 0.921. The van der Waals surface area contributed by atoms with E-state index in [0.29, 0.717) is 13.0 Å². The lowest BCUT2D eigenvalue weighted by Crippen LogP contribution is -2.05. The van der Waals surface area contributed by atoms with Crippen molar-refractivity contribution in [2.24, 2.45) is 5.92 Å². The number of allylic oxidation sites excluding steroid dienone is 2. The molecule has 0 bridgehead atoms. The van der Waals surface area contributed by atoms with Crippen LogP contribution in [-0.2, 0) is 9.53 Å². The Bertz CT molecular complexity index is 510.